The van der Waals surface area contributed by atoms with Gasteiger partial charge in [0, 0.05) is 13.5 Å². The molecule has 0 atom stereocenters. The van der Waals surface area contributed by atoms with Crippen molar-refractivity contribution < 1.29 is 0 Å². The highest BCUT2D eigenvalue weighted by Crippen LogP contribution is 2.43. The van der Waals surface area contributed by atoms with E-state index >= 15 is 0 Å². The van der Waals surface area contributed by atoms with Crippen LogP contribution >= 0.6 is 0 Å². The van der Waals surface area contributed by atoms with Gasteiger partial charge in [-0.05, 0) is 42.4 Å². The molecule has 0 amide bonds. The summed E-state index contributed by atoms with van der Waals surface area (Å²) in [5.74, 6) is 1.21. The summed E-state index contributed by atoms with van der Waals surface area (Å²) in [5.41, 5.74) is 4.33. The van der Waals surface area contributed by atoms with Gasteiger partial charge in [-0.15, -0.1) is 0 Å². The first-order valence-electron chi connectivity index (χ1n) is 7.10. The van der Waals surface area contributed by atoms with Crippen molar-refractivity contribution in [2.75, 3.05) is 0 Å². The Labute approximate surface area is 109 Å². The Bertz CT molecular complexity index is 576. The Morgan fingerprint density at radius 2 is 2.11 bits per heavy atom. The van der Waals surface area contributed by atoms with Crippen LogP contribution in [0.1, 0.15) is 50.9 Å². The SMILES string of the molecule is CCCc1nc2cc(C3(C)CCC3)ccc2n1C. The third-order valence-corrected chi connectivity index (χ3v) is 4.60. The Balaban J connectivity index is 2.07. The van der Waals surface area contributed by atoms with Crippen LogP contribution in [0.15, 0.2) is 18.2 Å². The first-order chi connectivity index (χ1) is 8.64. The maximum Gasteiger partial charge on any atom is 0.109 e. The highest BCUT2D eigenvalue weighted by atomic mass is 15.1. The van der Waals surface area contributed by atoms with Gasteiger partial charge in [0.15, 0.2) is 0 Å². The summed E-state index contributed by atoms with van der Waals surface area (Å²) in [6, 6.07) is 6.87. The normalized spacial score (nSPS) is 17.9. The lowest BCUT2D eigenvalue weighted by Crippen LogP contribution is -2.30. The van der Waals surface area contributed by atoms with Gasteiger partial charge in [-0.1, -0.05) is 26.3 Å². The van der Waals surface area contributed by atoms with Gasteiger partial charge in [-0.25, -0.2) is 4.98 Å². The predicted octanol–water partition coefficient (Wildman–Crippen LogP) is 3.97. The topological polar surface area (TPSA) is 17.8 Å². The number of imidazole rings is 1. The maximum atomic E-state index is 4.80. The van der Waals surface area contributed by atoms with Gasteiger partial charge < -0.3 is 4.57 Å². The van der Waals surface area contributed by atoms with E-state index in [-0.39, 0.29) is 0 Å². The standard InChI is InChI=1S/C16H22N2/c1-4-6-15-17-13-11-12(16(2)9-5-10-16)7-8-14(13)18(15)3/h7-8,11H,4-6,9-10H2,1-3H3. The van der Waals surface area contributed by atoms with Crippen molar-refractivity contribution >= 4 is 11.0 Å². The number of nitrogens with zero attached hydrogens (tertiary/aromatic N) is 2. The Morgan fingerprint density at radius 1 is 1.33 bits per heavy atom. The molecule has 0 N–H and O–H groups in total. The van der Waals surface area contributed by atoms with E-state index in [2.05, 4.69) is 43.7 Å². The molecule has 2 aromatic rings. The molecular formula is C16H22N2. The van der Waals surface area contributed by atoms with E-state index in [9.17, 15) is 0 Å². The summed E-state index contributed by atoms with van der Waals surface area (Å²) < 4.78 is 2.24. The van der Waals surface area contributed by atoms with E-state index in [0.29, 0.717) is 5.41 Å². The van der Waals surface area contributed by atoms with Crippen LogP contribution in [0.5, 0.6) is 0 Å². The molecule has 1 aromatic heterocycles. The summed E-state index contributed by atoms with van der Waals surface area (Å²) in [4.78, 5) is 4.80. The Morgan fingerprint density at radius 3 is 2.72 bits per heavy atom. The van der Waals surface area contributed by atoms with E-state index < -0.39 is 0 Å². The smallest absolute Gasteiger partial charge is 0.109 e. The van der Waals surface area contributed by atoms with Crippen LogP contribution in [0, 0.1) is 0 Å². The van der Waals surface area contributed by atoms with E-state index in [1.54, 1.807) is 0 Å². The molecule has 3 rings (SSSR count). The second-order valence-electron chi connectivity index (χ2n) is 5.95. The van der Waals surface area contributed by atoms with E-state index in [0.717, 1.165) is 12.8 Å². The van der Waals surface area contributed by atoms with Crippen molar-refractivity contribution in [1.82, 2.24) is 9.55 Å². The Hall–Kier alpha value is -1.31. The average molecular weight is 242 g/mol. The second-order valence-corrected chi connectivity index (χ2v) is 5.95. The summed E-state index contributed by atoms with van der Waals surface area (Å²) in [6.07, 6.45) is 6.25. The first kappa shape index (κ1) is 11.8. The molecule has 1 heterocycles. The van der Waals surface area contributed by atoms with Crippen molar-refractivity contribution in [3.8, 4) is 0 Å². The fraction of sp³-hybridized carbons (Fsp3) is 0.562. The van der Waals surface area contributed by atoms with E-state index in [1.807, 2.05) is 0 Å². The number of aryl methyl sites for hydroxylation is 2. The number of hydrogen-bond acceptors (Lipinski definition) is 1. The van der Waals surface area contributed by atoms with Crippen LogP contribution in [-0.4, -0.2) is 9.55 Å². The van der Waals surface area contributed by atoms with Gasteiger partial charge in [0.1, 0.15) is 5.82 Å². The fourth-order valence-corrected chi connectivity index (χ4v) is 3.07. The van der Waals surface area contributed by atoms with E-state index in [1.165, 1.54) is 41.7 Å². The molecule has 1 fully saturated rings. The lowest BCUT2D eigenvalue weighted by atomic mass is 9.66. The summed E-state index contributed by atoms with van der Waals surface area (Å²) >= 11 is 0. The third-order valence-electron chi connectivity index (χ3n) is 4.60. The minimum Gasteiger partial charge on any atom is -0.331 e. The Kier molecular flexibility index (Phi) is 2.69. The first-order valence-corrected chi connectivity index (χ1v) is 7.10. The molecule has 1 aliphatic rings. The minimum absolute atomic E-state index is 0.413. The molecule has 0 saturated heterocycles. The van der Waals surface area contributed by atoms with Crippen LogP contribution in [0.4, 0.5) is 0 Å². The molecule has 18 heavy (non-hydrogen) atoms. The molecule has 2 heteroatoms. The van der Waals surface area contributed by atoms with Crippen LogP contribution in [-0.2, 0) is 18.9 Å². The monoisotopic (exact) mass is 242 g/mol. The lowest BCUT2D eigenvalue weighted by molar-refractivity contribution is 0.272. The number of benzene rings is 1. The summed E-state index contributed by atoms with van der Waals surface area (Å²) in [5, 5.41) is 0. The molecule has 1 aromatic carbocycles. The zero-order valence-corrected chi connectivity index (χ0v) is 11.7. The highest BCUT2D eigenvalue weighted by molar-refractivity contribution is 5.77. The molecule has 0 unspecified atom stereocenters. The molecule has 0 radical (unpaired) electrons. The highest BCUT2D eigenvalue weighted by Gasteiger charge is 2.33. The molecule has 0 aliphatic heterocycles. The zero-order valence-electron chi connectivity index (χ0n) is 11.7. The molecule has 96 valence electrons. The molecule has 1 saturated carbocycles. The molecule has 0 spiro atoms. The van der Waals surface area contributed by atoms with Gasteiger partial charge in [0.25, 0.3) is 0 Å². The lowest BCUT2D eigenvalue weighted by Gasteiger charge is -2.39. The van der Waals surface area contributed by atoms with E-state index in [4.69, 9.17) is 4.98 Å². The number of fused-ring (bicyclic) bond motifs is 1. The second kappa shape index (κ2) is 4.11. The van der Waals surface area contributed by atoms with Crippen molar-refractivity contribution in [3.05, 3.63) is 29.6 Å². The largest absolute Gasteiger partial charge is 0.331 e. The number of rotatable bonds is 3. The van der Waals surface area contributed by atoms with Crippen LogP contribution < -0.4 is 0 Å². The molecular weight excluding hydrogens is 220 g/mol. The number of hydrogen-bond donors (Lipinski definition) is 0. The molecule has 1 aliphatic carbocycles. The van der Waals surface area contributed by atoms with Gasteiger partial charge in [-0.3, -0.25) is 0 Å². The number of aromatic nitrogens is 2. The van der Waals surface area contributed by atoms with Crippen LogP contribution in [0.2, 0.25) is 0 Å². The van der Waals surface area contributed by atoms with Crippen molar-refractivity contribution in [2.24, 2.45) is 7.05 Å². The van der Waals surface area contributed by atoms with Crippen molar-refractivity contribution in [1.29, 1.82) is 0 Å². The minimum atomic E-state index is 0.413. The van der Waals surface area contributed by atoms with Crippen molar-refractivity contribution in [2.45, 2.75) is 51.4 Å². The van der Waals surface area contributed by atoms with Gasteiger partial charge in [0.2, 0.25) is 0 Å². The fourth-order valence-electron chi connectivity index (χ4n) is 3.07. The van der Waals surface area contributed by atoms with Gasteiger partial charge in [-0.2, -0.15) is 0 Å². The van der Waals surface area contributed by atoms with Gasteiger partial charge in [0.05, 0.1) is 11.0 Å². The summed E-state index contributed by atoms with van der Waals surface area (Å²) in [6.45, 7) is 4.59. The predicted molar refractivity (Wildman–Crippen MR) is 75.9 cm³/mol. The van der Waals surface area contributed by atoms with Crippen LogP contribution in [0.25, 0.3) is 11.0 Å². The van der Waals surface area contributed by atoms with Crippen molar-refractivity contribution in [3.63, 3.8) is 0 Å². The average Bonchev–Trinajstić information content (AvgIpc) is 2.64. The zero-order chi connectivity index (χ0) is 12.8. The van der Waals surface area contributed by atoms with Crippen LogP contribution in [0.3, 0.4) is 0 Å². The maximum absolute atomic E-state index is 4.80. The van der Waals surface area contributed by atoms with Gasteiger partial charge >= 0.3 is 0 Å². The quantitative estimate of drug-likeness (QED) is 0.796. The molecule has 2 nitrogen and oxygen atoms in total. The molecule has 0 bridgehead atoms. The third kappa shape index (κ3) is 1.66. The summed E-state index contributed by atoms with van der Waals surface area (Å²) in [7, 11) is 2.13.